The Balaban J connectivity index is 2.89. The van der Waals surface area contributed by atoms with Crippen LogP contribution >= 0.6 is 31.9 Å². The van der Waals surface area contributed by atoms with Crippen molar-refractivity contribution >= 4 is 31.9 Å². The lowest BCUT2D eigenvalue weighted by Gasteiger charge is -2.28. The first-order chi connectivity index (χ1) is 4.54. The molecule has 0 fully saturated rings. The Morgan fingerprint density at radius 1 is 1.60 bits per heavy atom. The third-order valence-corrected chi connectivity index (χ3v) is 3.84. The molecule has 0 aliphatic heterocycles. The van der Waals surface area contributed by atoms with E-state index in [0.29, 0.717) is 5.92 Å². The average Bonchev–Trinajstić information content (AvgIpc) is 1.83. The zero-order valence-corrected chi connectivity index (χ0v) is 9.24. The summed E-state index contributed by atoms with van der Waals surface area (Å²) >= 11 is 7.15. The van der Waals surface area contributed by atoms with Crippen molar-refractivity contribution in [3.05, 3.63) is 22.7 Å². The fraction of sp³-hybridized carbons (Fsp3) is 0.500. The van der Waals surface area contributed by atoms with Crippen LogP contribution < -0.4 is 0 Å². The molecule has 0 N–H and O–H groups in total. The summed E-state index contributed by atoms with van der Waals surface area (Å²) in [6.07, 6.45) is 6.33. The van der Waals surface area contributed by atoms with E-state index in [1.54, 1.807) is 0 Å². The van der Waals surface area contributed by atoms with Crippen LogP contribution in [-0.4, -0.2) is 4.32 Å². The molecule has 0 aromatic heterocycles. The third-order valence-electron chi connectivity index (χ3n) is 1.94. The number of hydrogen-bond acceptors (Lipinski definition) is 0. The lowest BCUT2D eigenvalue weighted by Crippen LogP contribution is -2.24. The first kappa shape index (κ1) is 8.54. The fourth-order valence-corrected chi connectivity index (χ4v) is 2.22. The van der Waals surface area contributed by atoms with E-state index >= 15 is 0 Å². The molecule has 2 atom stereocenters. The van der Waals surface area contributed by atoms with Crippen LogP contribution in [-0.2, 0) is 0 Å². The average molecular weight is 266 g/mol. The van der Waals surface area contributed by atoms with Gasteiger partial charge in [0.2, 0.25) is 0 Å². The van der Waals surface area contributed by atoms with Crippen molar-refractivity contribution in [2.24, 2.45) is 5.92 Å². The minimum atomic E-state index is 0.126. The van der Waals surface area contributed by atoms with Crippen LogP contribution in [0.2, 0.25) is 0 Å². The Kier molecular flexibility index (Phi) is 2.41. The zero-order chi connectivity index (χ0) is 7.78. The molecule has 0 bridgehead atoms. The van der Waals surface area contributed by atoms with E-state index < -0.39 is 0 Å². The molecule has 10 heavy (non-hydrogen) atoms. The summed E-state index contributed by atoms with van der Waals surface area (Å²) < 4.78 is 1.38. The number of alkyl halides is 1. The minimum absolute atomic E-state index is 0.126. The van der Waals surface area contributed by atoms with E-state index in [4.69, 9.17) is 0 Å². The summed E-state index contributed by atoms with van der Waals surface area (Å²) in [4.78, 5) is 0. The molecule has 0 heterocycles. The van der Waals surface area contributed by atoms with Gasteiger partial charge in [-0.15, -0.1) is 0 Å². The predicted octanol–water partition coefficient (Wildman–Crippen LogP) is 3.62. The normalized spacial score (nSPS) is 39.6. The molecule has 0 aromatic carbocycles. The van der Waals surface area contributed by atoms with E-state index in [9.17, 15) is 0 Å². The lowest BCUT2D eigenvalue weighted by molar-refractivity contribution is 0.605. The highest BCUT2D eigenvalue weighted by Gasteiger charge is 2.28. The number of hydrogen-bond donors (Lipinski definition) is 0. The van der Waals surface area contributed by atoms with Gasteiger partial charge in [0.1, 0.15) is 0 Å². The van der Waals surface area contributed by atoms with Crippen molar-refractivity contribution < 1.29 is 0 Å². The summed E-state index contributed by atoms with van der Waals surface area (Å²) in [5.41, 5.74) is 0. The Bertz CT molecular complexity index is 189. The van der Waals surface area contributed by atoms with E-state index in [1.165, 1.54) is 4.48 Å². The molecule has 0 saturated heterocycles. The highest BCUT2D eigenvalue weighted by molar-refractivity contribution is 9.12. The predicted molar refractivity (Wildman–Crippen MR) is 52.6 cm³/mol. The maximum atomic E-state index is 3.64. The highest BCUT2D eigenvalue weighted by Crippen LogP contribution is 2.38. The number of halogens is 2. The van der Waals surface area contributed by atoms with Gasteiger partial charge in [-0.1, -0.05) is 57.0 Å². The molecule has 0 aromatic rings. The Morgan fingerprint density at radius 2 is 2.20 bits per heavy atom. The van der Waals surface area contributed by atoms with Crippen molar-refractivity contribution in [1.82, 2.24) is 0 Å². The van der Waals surface area contributed by atoms with Crippen molar-refractivity contribution in [3.63, 3.8) is 0 Å². The van der Waals surface area contributed by atoms with Crippen molar-refractivity contribution in [1.29, 1.82) is 0 Å². The lowest BCUT2D eigenvalue weighted by atomic mass is 9.92. The van der Waals surface area contributed by atoms with Gasteiger partial charge >= 0.3 is 0 Å². The standard InChI is InChI=1S/C8H10Br2/c1-6-7(9)4-3-5-8(6,2)10/h3-6H,1-2H3. The second kappa shape index (κ2) is 2.82. The summed E-state index contributed by atoms with van der Waals surface area (Å²) in [6.45, 7) is 4.36. The second-order valence-corrected chi connectivity index (χ2v) is 5.41. The van der Waals surface area contributed by atoms with Gasteiger partial charge in [0, 0.05) is 10.2 Å². The van der Waals surface area contributed by atoms with Crippen LogP contribution in [0.15, 0.2) is 22.7 Å². The topological polar surface area (TPSA) is 0 Å². The molecule has 56 valence electrons. The van der Waals surface area contributed by atoms with Gasteiger partial charge in [0.05, 0.1) is 0 Å². The molecule has 1 rings (SSSR count). The molecule has 0 saturated carbocycles. The summed E-state index contributed by atoms with van der Waals surface area (Å²) in [5, 5.41) is 0. The van der Waals surface area contributed by atoms with Gasteiger partial charge in [-0.2, -0.15) is 0 Å². The zero-order valence-electron chi connectivity index (χ0n) is 6.07. The maximum Gasteiger partial charge on any atom is 0.0482 e. The van der Waals surface area contributed by atoms with E-state index in [2.05, 4.69) is 63.9 Å². The molecule has 1 aliphatic carbocycles. The van der Waals surface area contributed by atoms with Crippen LogP contribution in [0.25, 0.3) is 0 Å². The van der Waals surface area contributed by atoms with E-state index in [0.717, 1.165) is 0 Å². The van der Waals surface area contributed by atoms with Crippen molar-refractivity contribution in [3.8, 4) is 0 Å². The van der Waals surface area contributed by atoms with Gasteiger partial charge in [-0.3, -0.25) is 0 Å². The molecule has 0 radical (unpaired) electrons. The number of allylic oxidation sites excluding steroid dienone is 4. The van der Waals surface area contributed by atoms with Gasteiger partial charge in [-0.25, -0.2) is 0 Å². The third kappa shape index (κ3) is 1.54. The van der Waals surface area contributed by atoms with E-state index in [1.807, 2.05) is 0 Å². The molecule has 2 unspecified atom stereocenters. The van der Waals surface area contributed by atoms with Crippen LogP contribution in [0.4, 0.5) is 0 Å². The molecule has 1 aliphatic rings. The molecule has 0 amide bonds. The van der Waals surface area contributed by atoms with Crippen LogP contribution in [0, 0.1) is 5.92 Å². The monoisotopic (exact) mass is 264 g/mol. The fourth-order valence-electron chi connectivity index (χ4n) is 0.886. The second-order valence-electron chi connectivity index (χ2n) is 2.78. The minimum Gasteiger partial charge on any atom is -0.0804 e. The van der Waals surface area contributed by atoms with Gasteiger partial charge in [0.15, 0.2) is 0 Å². The summed E-state index contributed by atoms with van der Waals surface area (Å²) in [7, 11) is 0. The van der Waals surface area contributed by atoms with Gasteiger partial charge in [0.25, 0.3) is 0 Å². The Hall–Kier alpha value is 0.440. The van der Waals surface area contributed by atoms with Gasteiger partial charge in [-0.05, 0) is 11.4 Å². The van der Waals surface area contributed by atoms with Crippen LogP contribution in [0.5, 0.6) is 0 Å². The van der Waals surface area contributed by atoms with Gasteiger partial charge < -0.3 is 0 Å². The SMILES string of the molecule is CC1C(Br)=CC=CC1(C)Br. The quantitative estimate of drug-likeness (QED) is 0.587. The van der Waals surface area contributed by atoms with Crippen molar-refractivity contribution in [2.75, 3.05) is 0 Å². The first-order valence-corrected chi connectivity index (χ1v) is 4.86. The molecular formula is C8H10Br2. The first-order valence-electron chi connectivity index (χ1n) is 3.28. The maximum absolute atomic E-state index is 3.64. The summed E-state index contributed by atoms with van der Waals surface area (Å²) in [6, 6.07) is 0. The molecule has 0 nitrogen and oxygen atoms in total. The van der Waals surface area contributed by atoms with Crippen LogP contribution in [0.3, 0.4) is 0 Å². The number of rotatable bonds is 0. The molecular weight excluding hydrogens is 256 g/mol. The van der Waals surface area contributed by atoms with Crippen LogP contribution in [0.1, 0.15) is 13.8 Å². The Morgan fingerprint density at radius 3 is 2.60 bits per heavy atom. The molecule has 0 spiro atoms. The summed E-state index contributed by atoms with van der Waals surface area (Å²) in [5.74, 6) is 0.525. The smallest absolute Gasteiger partial charge is 0.0482 e. The van der Waals surface area contributed by atoms with Crippen molar-refractivity contribution in [2.45, 2.75) is 18.2 Å². The molecule has 2 heteroatoms. The Labute approximate surface area is 78.6 Å². The highest BCUT2D eigenvalue weighted by atomic mass is 79.9. The van der Waals surface area contributed by atoms with E-state index in [-0.39, 0.29) is 4.32 Å². The largest absolute Gasteiger partial charge is 0.0804 e.